The van der Waals surface area contributed by atoms with E-state index in [0.717, 1.165) is 19.3 Å². The van der Waals surface area contributed by atoms with Gasteiger partial charge in [0.1, 0.15) is 5.41 Å². The molecule has 0 unspecified atom stereocenters. The third-order valence-corrected chi connectivity index (χ3v) is 2.60. The third-order valence-electron chi connectivity index (χ3n) is 2.60. The van der Waals surface area contributed by atoms with Crippen LogP contribution in [0.4, 0.5) is 0 Å². The highest BCUT2D eigenvalue weighted by molar-refractivity contribution is 6.00. The van der Waals surface area contributed by atoms with Gasteiger partial charge in [0, 0.05) is 6.54 Å². The fourth-order valence-corrected chi connectivity index (χ4v) is 1.20. The van der Waals surface area contributed by atoms with Gasteiger partial charge in [-0.1, -0.05) is 26.7 Å². The van der Waals surface area contributed by atoms with Crippen molar-refractivity contribution in [3.05, 3.63) is 0 Å². The lowest BCUT2D eigenvalue weighted by Gasteiger charge is -2.18. The van der Waals surface area contributed by atoms with Crippen LogP contribution in [0.2, 0.25) is 0 Å². The molecule has 0 saturated carbocycles. The van der Waals surface area contributed by atoms with E-state index in [-0.39, 0.29) is 0 Å². The van der Waals surface area contributed by atoms with Crippen molar-refractivity contribution in [2.24, 2.45) is 11.3 Å². The van der Waals surface area contributed by atoms with Crippen LogP contribution in [0.25, 0.3) is 0 Å². The van der Waals surface area contributed by atoms with E-state index in [2.05, 4.69) is 19.2 Å². The Bertz CT molecular complexity index is 247. The lowest BCUT2D eigenvalue weighted by atomic mass is 9.92. The number of nitrogens with one attached hydrogen (secondary N) is 1. The molecular formula is C12H23NO3. The first-order valence-corrected chi connectivity index (χ1v) is 5.80. The minimum atomic E-state index is -1.34. The molecule has 0 aliphatic carbocycles. The van der Waals surface area contributed by atoms with E-state index in [1.807, 2.05) is 0 Å². The van der Waals surface area contributed by atoms with Gasteiger partial charge in [-0.25, -0.2) is 0 Å². The van der Waals surface area contributed by atoms with Crippen LogP contribution < -0.4 is 5.32 Å². The lowest BCUT2D eigenvalue weighted by molar-refractivity contribution is -0.153. The molecule has 94 valence electrons. The molecule has 0 heterocycles. The van der Waals surface area contributed by atoms with Crippen molar-refractivity contribution in [3.8, 4) is 0 Å². The predicted molar refractivity (Wildman–Crippen MR) is 63.1 cm³/mol. The van der Waals surface area contributed by atoms with Crippen LogP contribution in [0, 0.1) is 11.3 Å². The number of carbonyl (C=O) groups excluding carboxylic acids is 1. The molecule has 0 aromatic carbocycles. The van der Waals surface area contributed by atoms with Gasteiger partial charge in [0.2, 0.25) is 5.91 Å². The van der Waals surface area contributed by atoms with Crippen LogP contribution in [0.15, 0.2) is 0 Å². The average Bonchev–Trinajstić information content (AvgIpc) is 2.16. The van der Waals surface area contributed by atoms with Gasteiger partial charge in [-0.15, -0.1) is 0 Å². The number of unbranched alkanes of at least 4 members (excludes halogenated alkanes) is 1. The highest BCUT2D eigenvalue weighted by Gasteiger charge is 2.35. The van der Waals surface area contributed by atoms with Crippen molar-refractivity contribution < 1.29 is 14.7 Å². The fourth-order valence-electron chi connectivity index (χ4n) is 1.20. The van der Waals surface area contributed by atoms with E-state index in [9.17, 15) is 9.59 Å². The van der Waals surface area contributed by atoms with E-state index in [0.29, 0.717) is 12.5 Å². The first-order chi connectivity index (χ1) is 7.28. The summed E-state index contributed by atoms with van der Waals surface area (Å²) in [7, 11) is 0. The Morgan fingerprint density at radius 3 is 2.25 bits per heavy atom. The Morgan fingerprint density at radius 2 is 1.81 bits per heavy atom. The molecule has 0 atom stereocenters. The first kappa shape index (κ1) is 14.9. The van der Waals surface area contributed by atoms with Crippen molar-refractivity contribution >= 4 is 11.9 Å². The van der Waals surface area contributed by atoms with Crippen LogP contribution in [-0.2, 0) is 9.59 Å². The number of hydrogen-bond acceptors (Lipinski definition) is 2. The smallest absolute Gasteiger partial charge is 0.318 e. The summed E-state index contributed by atoms with van der Waals surface area (Å²) < 4.78 is 0. The fraction of sp³-hybridized carbons (Fsp3) is 0.833. The van der Waals surface area contributed by atoms with Gasteiger partial charge in [0.15, 0.2) is 0 Å². The van der Waals surface area contributed by atoms with Gasteiger partial charge < -0.3 is 10.4 Å². The van der Waals surface area contributed by atoms with Crippen molar-refractivity contribution in [3.63, 3.8) is 0 Å². The summed E-state index contributed by atoms with van der Waals surface area (Å²) in [4.78, 5) is 22.3. The number of rotatable bonds is 7. The molecule has 4 heteroatoms. The minimum absolute atomic E-state index is 0.412. The largest absolute Gasteiger partial charge is 0.480 e. The summed E-state index contributed by atoms with van der Waals surface area (Å²) in [6, 6.07) is 0. The molecule has 0 aliphatic rings. The second kappa shape index (κ2) is 6.51. The molecule has 0 spiro atoms. The normalized spacial score (nSPS) is 11.6. The van der Waals surface area contributed by atoms with Gasteiger partial charge in [-0.3, -0.25) is 9.59 Å². The molecule has 16 heavy (non-hydrogen) atoms. The molecule has 2 N–H and O–H groups in total. The molecule has 0 fully saturated rings. The number of carbonyl (C=O) groups is 2. The zero-order chi connectivity index (χ0) is 12.8. The van der Waals surface area contributed by atoms with Crippen molar-refractivity contribution in [1.82, 2.24) is 5.32 Å². The maximum atomic E-state index is 11.5. The Kier molecular flexibility index (Phi) is 6.08. The number of carboxylic acid groups (broad SMARTS) is 1. The Balaban J connectivity index is 3.78. The number of aliphatic carboxylic acids is 1. The quantitative estimate of drug-likeness (QED) is 0.518. The number of amides is 1. The average molecular weight is 229 g/mol. The van der Waals surface area contributed by atoms with Gasteiger partial charge >= 0.3 is 5.97 Å². The topological polar surface area (TPSA) is 66.4 Å². The molecule has 4 nitrogen and oxygen atoms in total. The van der Waals surface area contributed by atoms with E-state index in [1.165, 1.54) is 13.8 Å². The maximum Gasteiger partial charge on any atom is 0.318 e. The summed E-state index contributed by atoms with van der Waals surface area (Å²) in [5.74, 6) is -0.831. The second-order valence-corrected chi connectivity index (χ2v) is 5.08. The zero-order valence-corrected chi connectivity index (χ0v) is 10.7. The maximum absolute atomic E-state index is 11.5. The van der Waals surface area contributed by atoms with Crippen molar-refractivity contribution in [1.29, 1.82) is 0 Å². The monoisotopic (exact) mass is 229 g/mol. The van der Waals surface area contributed by atoms with E-state index in [4.69, 9.17) is 5.11 Å². The van der Waals surface area contributed by atoms with E-state index < -0.39 is 17.3 Å². The Labute approximate surface area is 97.4 Å². The van der Waals surface area contributed by atoms with E-state index in [1.54, 1.807) is 0 Å². The molecule has 0 aromatic heterocycles. The molecule has 0 aromatic rings. The van der Waals surface area contributed by atoms with Crippen LogP contribution in [0.1, 0.15) is 47.0 Å². The summed E-state index contributed by atoms with van der Waals surface area (Å²) in [5.41, 5.74) is -1.34. The lowest BCUT2D eigenvalue weighted by Crippen LogP contribution is -2.42. The van der Waals surface area contributed by atoms with Crippen LogP contribution in [-0.4, -0.2) is 23.5 Å². The molecule has 0 bridgehead atoms. The van der Waals surface area contributed by atoms with Crippen LogP contribution in [0.3, 0.4) is 0 Å². The first-order valence-electron chi connectivity index (χ1n) is 5.80. The van der Waals surface area contributed by atoms with Crippen LogP contribution >= 0.6 is 0 Å². The van der Waals surface area contributed by atoms with Crippen LogP contribution in [0.5, 0.6) is 0 Å². The predicted octanol–water partition coefficient (Wildman–Crippen LogP) is 2.04. The van der Waals surface area contributed by atoms with E-state index >= 15 is 0 Å². The highest BCUT2D eigenvalue weighted by atomic mass is 16.4. The van der Waals surface area contributed by atoms with Gasteiger partial charge in [-0.2, -0.15) is 0 Å². The zero-order valence-electron chi connectivity index (χ0n) is 10.7. The van der Waals surface area contributed by atoms with Gasteiger partial charge in [0.05, 0.1) is 0 Å². The van der Waals surface area contributed by atoms with Crippen molar-refractivity contribution in [2.75, 3.05) is 6.54 Å². The summed E-state index contributed by atoms with van der Waals surface area (Å²) in [6.45, 7) is 7.71. The molecule has 0 radical (unpaired) electrons. The Morgan fingerprint density at radius 1 is 1.25 bits per heavy atom. The molecule has 0 aliphatic heterocycles. The highest BCUT2D eigenvalue weighted by Crippen LogP contribution is 2.15. The molecule has 0 saturated heterocycles. The Hall–Kier alpha value is -1.06. The third kappa shape index (κ3) is 5.14. The second-order valence-electron chi connectivity index (χ2n) is 5.08. The molecule has 0 rings (SSSR count). The molecular weight excluding hydrogens is 206 g/mol. The summed E-state index contributed by atoms with van der Waals surface area (Å²) in [5, 5.41) is 11.5. The van der Waals surface area contributed by atoms with Gasteiger partial charge in [0.25, 0.3) is 0 Å². The number of carboxylic acids is 1. The standard InChI is InChI=1S/C12H23NO3/c1-9(2)7-5-6-8-13-10(14)12(3,4)11(15)16/h9H,5-8H2,1-4H3,(H,13,14)(H,15,16). The van der Waals surface area contributed by atoms with Crippen molar-refractivity contribution in [2.45, 2.75) is 47.0 Å². The number of hydrogen-bond donors (Lipinski definition) is 2. The van der Waals surface area contributed by atoms with Gasteiger partial charge in [-0.05, 0) is 26.2 Å². The minimum Gasteiger partial charge on any atom is -0.480 e. The summed E-state index contributed by atoms with van der Waals surface area (Å²) in [6.07, 6.45) is 3.10. The summed E-state index contributed by atoms with van der Waals surface area (Å²) >= 11 is 0. The molecule has 1 amide bonds. The SMILES string of the molecule is CC(C)CCCCNC(=O)C(C)(C)C(=O)O.